The summed E-state index contributed by atoms with van der Waals surface area (Å²) in [6.07, 6.45) is 5.56. The van der Waals surface area contributed by atoms with Crippen LogP contribution in [-0.2, 0) is 0 Å². The average molecular weight is 395 g/mol. The van der Waals surface area contributed by atoms with Gasteiger partial charge in [-0.25, -0.2) is 0 Å². The molecule has 2 aromatic rings. The number of thiophene rings is 1. The summed E-state index contributed by atoms with van der Waals surface area (Å²) in [6, 6.07) is 9.21. The molecule has 1 aliphatic rings. The van der Waals surface area contributed by atoms with E-state index in [1.807, 2.05) is 19.2 Å². The highest BCUT2D eigenvalue weighted by Gasteiger charge is 2.36. The lowest BCUT2D eigenvalue weighted by atomic mass is 10.2. The maximum absolute atomic E-state index is 2.55. The van der Waals surface area contributed by atoms with Crippen LogP contribution in [-0.4, -0.2) is 23.6 Å². The Bertz CT molecular complexity index is 653. The fourth-order valence-electron chi connectivity index (χ4n) is 3.95. The first kappa shape index (κ1) is 21.3. The van der Waals surface area contributed by atoms with Gasteiger partial charge in [0.25, 0.3) is 0 Å². The van der Waals surface area contributed by atoms with Crippen molar-refractivity contribution in [2.45, 2.75) is 84.2 Å². The molecule has 0 bridgehead atoms. The Morgan fingerprint density at radius 2 is 1.76 bits per heavy atom. The molecular weight excluding hydrogens is 358 g/mol. The van der Waals surface area contributed by atoms with E-state index in [-0.39, 0.29) is 15.8 Å². The van der Waals surface area contributed by atoms with Gasteiger partial charge in [-0.2, -0.15) is 0 Å². The summed E-state index contributed by atoms with van der Waals surface area (Å²) in [6.45, 7) is 16.4. The quantitative estimate of drug-likeness (QED) is 0.460. The maximum atomic E-state index is 2.55. The van der Waals surface area contributed by atoms with Gasteiger partial charge in [0, 0.05) is 20.0 Å². The van der Waals surface area contributed by atoms with Crippen LogP contribution in [0.15, 0.2) is 24.3 Å². The maximum Gasteiger partial charge on any atom is 0.0367 e. The van der Waals surface area contributed by atoms with Crippen LogP contribution in [0.3, 0.4) is 0 Å². The molecule has 4 atom stereocenters. The third-order valence-corrected chi connectivity index (χ3v) is 13.7. The molecule has 1 saturated heterocycles. The molecule has 1 fully saturated rings. The number of benzene rings is 1. The summed E-state index contributed by atoms with van der Waals surface area (Å²) < 4.78 is 3.32. The second-order valence-corrected chi connectivity index (χ2v) is 14.1. The Labute approximate surface area is 162 Å². The number of hydrogen-bond donors (Lipinski definition) is 0. The second kappa shape index (κ2) is 9.82. The smallest absolute Gasteiger partial charge is 0.0367 e. The lowest BCUT2D eigenvalue weighted by Crippen LogP contribution is -2.24. The minimum absolute atomic E-state index is 0.0139. The zero-order valence-electron chi connectivity index (χ0n) is 17.2. The molecule has 3 rings (SSSR count). The van der Waals surface area contributed by atoms with E-state index in [2.05, 4.69) is 70.0 Å². The van der Waals surface area contributed by atoms with Gasteiger partial charge in [0.1, 0.15) is 0 Å². The molecule has 0 nitrogen and oxygen atoms in total. The summed E-state index contributed by atoms with van der Waals surface area (Å²) in [4.78, 5) is 0. The van der Waals surface area contributed by atoms with E-state index in [4.69, 9.17) is 0 Å². The summed E-state index contributed by atoms with van der Waals surface area (Å²) in [5, 5.41) is 3.41. The van der Waals surface area contributed by atoms with Gasteiger partial charge in [0.05, 0.1) is 0 Å². The van der Waals surface area contributed by atoms with Gasteiger partial charge >= 0.3 is 0 Å². The third kappa shape index (κ3) is 4.48. The van der Waals surface area contributed by atoms with Gasteiger partial charge in [-0.3, -0.25) is 0 Å². The molecule has 0 aliphatic carbocycles. The van der Waals surface area contributed by atoms with Gasteiger partial charge in [-0.15, -0.1) is 11.3 Å². The monoisotopic (exact) mass is 394 g/mol. The van der Waals surface area contributed by atoms with E-state index in [0.29, 0.717) is 0 Å². The van der Waals surface area contributed by atoms with Crippen molar-refractivity contribution in [3.05, 3.63) is 24.3 Å². The summed E-state index contributed by atoms with van der Waals surface area (Å²) in [7, 11) is -0.0159. The molecule has 25 heavy (non-hydrogen) atoms. The zero-order chi connectivity index (χ0) is 18.6. The van der Waals surface area contributed by atoms with Crippen molar-refractivity contribution in [1.82, 2.24) is 0 Å². The van der Waals surface area contributed by atoms with Crippen LogP contribution in [0.2, 0.25) is 0 Å². The van der Waals surface area contributed by atoms with Crippen LogP contribution in [0.4, 0.5) is 0 Å². The van der Waals surface area contributed by atoms with E-state index in [1.54, 1.807) is 10.0 Å². The molecule has 1 aromatic carbocycles. The van der Waals surface area contributed by atoms with Crippen LogP contribution in [0.1, 0.15) is 67.2 Å². The molecule has 3 heteroatoms. The molecule has 1 unspecified atom stereocenters. The van der Waals surface area contributed by atoms with Crippen LogP contribution in [0.5, 0.6) is 0 Å². The van der Waals surface area contributed by atoms with Gasteiger partial charge < -0.3 is 0 Å². The highest BCUT2D eigenvalue weighted by Crippen LogP contribution is 2.57. The van der Waals surface area contributed by atoms with Crippen molar-refractivity contribution in [3.8, 4) is 0 Å². The SMILES string of the molecule is CC.CCC[C@@H](C)P(C)c1sc2ccccc2c1P1[C@H](C)CC[C@H]1C. The largest absolute Gasteiger partial charge is 0.135 e. The standard InChI is InChI=1S/C20H30P2S.C2H6/c1-6-9-14(2)21(5)20-19(22-15(3)12-13-16(22)4)17-10-7-8-11-18(17)23-20;1-2/h7-8,10-11,14-16H,6,9,12-13H2,1-5H3;1-2H3/t14-,15-,16-,21?;/m1./s1. The second-order valence-electron chi connectivity index (χ2n) is 7.18. The van der Waals surface area contributed by atoms with Gasteiger partial charge in [-0.05, 0) is 49.0 Å². The number of fused-ring (bicyclic) bond motifs is 1. The molecule has 0 saturated carbocycles. The molecule has 0 spiro atoms. The first-order chi connectivity index (χ1) is 12.0. The number of rotatable bonds is 5. The zero-order valence-corrected chi connectivity index (χ0v) is 19.8. The van der Waals surface area contributed by atoms with E-state index >= 15 is 0 Å². The first-order valence-corrected chi connectivity index (χ1v) is 14.2. The van der Waals surface area contributed by atoms with Gasteiger partial charge in [-0.1, -0.05) is 82.0 Å². The van der Waals surface area contributed by atoms with Crippen molar-refractivity contribution >= 4 is 47.2 Å². The Morgan fingerprint density at radius 1 is 1.16 bits per heavy atom. The fraction of sp³-hybridized carbons (Fsp3) is 0.636. The topological polar surface area (TPSA) is 0 Å². The third-order valence-electron chi connectivity index (χ3n) is 5.45. The summed E-state index contributed by atoms with van der Waals surface area (Å²) >= 11 is 2.12. The molecule has 1 aromatic heterocycles. The Hall–Kier alpha value is 0.0400. The van der Waals surface area contributed by atoms with Crippen molar-refractivity contribution in [1.29, 1.82) is 0 Å². The van der Waals surface area contributed by atoms with Crippen LogP contribution >= 0.6 is 27.2 Å². The van der Waals surface area contributed by atoms with Crippen LogP contribution < -0.4 is 9.92 Å². The highest BCUT2D eigenvalue weighted by molar-refractivity contribution is 7.78. The molecular formula is C22H36P2S. The van der Waals surface area contributed by atoms with Crippen molar-refractivity contribution in [2.75, 3.05) is 6.66 Å². The Morgan fingerprint density at radius 3 is 2.36 bits per heavy atom. The minimum Gasteiger partial charge on any atom is -0.135 e. The van der Waals surface area contributed by atoms with Crippen molar-refractivity contribution in [2.24, 2.45) is 0 Å². The van der Waals surface area contributed by atoms with E-state index in [0.717, 1.165) is 17.0 Å². The van der Waals surface area contributed by atoms with E-state index < -0.39 is 0 Å². The molecule has 2 heterocycles. The van der Waals surface area contributed by atoms with Gasteiger partial charge in [0.2, 0.25) is 0 Å². The van der Waals surface area contributed by atoms with Crippen LogP contribution in [0, 0.1) is 0 Å². The van der Waals surface area contributed by atoms with Crippen LogP contribution in [0.25, 0.3) is 10.1 Å². The van der Waals surface area contributed by atoms with Crippen molar-refractivity contribution < 1.29 is 0 Å². The molecule has 0 radical (unpaired) electrons. The average Bonchev–Trinajstić information content (AvgIpc) is 3.16. The molecule has 1 aliphatic heterocycles. The van der Waals surface area contributed by atoms with E-state index in [9.17, 15) is 0 Å². The molecule has 140 valence electrons. The predicted octanol–water partition coefficient (Wildman–Crippen LogP) is 7.53. The lowest BCUT2D eigenvalue weighted by Gasteiger charge is -2.27. The fourth-order valence-corrected chi connectivity index (χ4v) is 12.4. The normalized spacial score (nSPS) is 23.3. The summed E-state index contributed by atoms with van der Waals surface area (Å²) in [5.41, 5.74) is 2.66. The molecule has 0 N–H and O–H groups in total. The highest BCUT2D eigenvalue weighted by atomic mass is 32.1. The lowest BCUT2D eigenvalue weighted by molar-refractivity contribution is 0.777. The summed E-state index contributed by atoms with van der Waals surface area (Å²) in [5.74, 6) is 0. The predicted molar refractivity (Wildman–Crippen MR) is 125 cm³/mol. The van der Waals surface area contributed by atoms with E-state index in [1.165, 1.54) is 30.4 Å². The van der Waals surface area contributed by atoms with Gasteiger partial charge in [0.15, 0.2) is 0 Å². The Balaban J connectivity index is 0.00000109. The van der Waals surface area contributed by atoms with Crippen molar-refractivity contribution in [3.63, 3.8) is 0 Å². The number of hydrogen-bond acceptors (Lipinski definition) is 1. The molecule has 0 amide bonds. The first-order valence-electron chi connectivity index (χ1n) is 10.1. The Kier molecular flexibility index (Phi) is 8.39. The minimum atomic E-state index is -0.0299.